The second-order valence-corrected chi connectivity index (χ2v) is 9.37. The molecule has 1 amide bonds. The second-order valence-electron chi connectivity index (χ2n) is 8.49. The van der Waals surface area contributed by atoms with Gasteiger partial charge in [0, 0.05) is 50.1 Å². The van der Waals surface area contributed by atoms with Crippen LogP contribution in [0, 0.1) is 5.92 Å². The molecule has 2 fully saturated rings. The predicted molar refractivity (Wildman–Crippen MR) is 125 cm³/mol. The zero-order valence-electron chi connectivity index (χ0n) is 18.0. The number of piperazine rings is 1. The zero-order chi connectivity index (χ0) is 20.8. The lowest BCUT2D eigenvalue weighted by Gasteiger charge is -2.38. The Labute approximate surface area is 185 Å². The Hall–Kier alpha value is -1.82. The molecule has 0 radical (unpaired) electrons. The van der Waals surface area contributed by atoms with Crippen molar-refractivity contribution in [2.75, 3.05) is 45.5 Å². The first-order chi connectivity index (χ1) is 14.7. The van der Waals surface area contributed by atoms with Crippen molar-refractivity contribution < 1.29 is 4.79 Å². The van der Waals surface area contributed by atoms with E-state index in [0.29, 0.717) is 5.91 Å². The number of benzene rings is 2. The average Bonchev–Trinajstić information content (AvgIpc) is 2.81. The molecule has 5 heteroatoms. The van der Waals surface area contributed by atoms with E-state index in [4.69, 9.17) is 0 Å². The summed E-state index contributed by atoms with van der Waals surface area (Å²) in [6.07, 6.45) is 4.10. The zero-order valence-corrected chi connectivity index (χ0v) is 18.8. The van der Waals surface area contributed by atoms with Crippen molar-refractivity contribution in [2.24, 2.45) is 5.92 Å². The first-order valence-corrected chi connectivity index (χ1v) is 12.3. The molecule has 2 aliphatic rings. The van der Waals surface area contributed by atoms with Crippen LogP contribution < -0.4 is 0 Å². The molecular weight excluding hydrogens is 390 g/mol. The molecule has 0 aromatic heterocycles. The monoisotopic (exact) mass is 423 g/mol. The molecule has 0 atom stereocenters. The van der Waals surface area contributed by atoms with Gasteiger partial charge in [0.05, 0.1) is 0 Å². The fraction of sp³-hybridized carbons (Fsp3) is 0.480. The molecule has 2 aromatic carbocycles. The van der Waals surface area contributed by atoms with E-state index in [1.165, 1.54) is 16.0 Å². The summed E-state index contributed by atoms with van der Waals surface area (Å²) >= 11 is 1.78. The van der Waals surface area contributed by atoms with Crippen LogP contribution in [0.1, 0.15) is 24.0 Å². The summed E-state index contributed by atoms with van der Waals surface area (Å²) in [5.74, 6) is 0.596. The Balaban J connectivity index is 1.20. The molecule has 2 aromatic rings. The SMILES string of the molecule is CSc1ccc(CN2CCC(C(=O)N3CCN(Cc4ccccc4)CC3)CC2)cc1. The smallest absolute Gasteiger partial charge is 0.225 e. The fourth-order valence-electron chi connectivity index (χ4n) is 4.55. The van der Waals surface area contributed by atoms with Gasteiger partial charge >= 0.3 is 0 Å². The van der Waals surface area contributed by atoms with Crippen molar-refractivity contribution in [3.8, 4) is 0 Å². The predicted octanol–water partition coefficient (Wildman–Crippen LogP) is 3.96. The summed E-state index contributed by atoms with van der Waals surface area (Å²) in [6, 6.07) is 19.5. The van der Waals surface area contributed by atoms with Gasteiger partial charge in [0.1, 0.15) is 0 Å². The van der Waals surface area contributed by atoms with Crippen LogP contribution in [0.2, 0.25) is 0 Å². The third-order valence-corrected chi connectivity index (χ3v) is 7.18. The van der Waals surface area contributed by atoms with Gasteiger partial charge in [-0.25, -0.2) is 0 Å². The maximum Gasteiger partial charge on any atom is 0.225 e. The number of piperidine rings is 1. The normalized spacial score (nSPS) is 19.2. The molecule has 30 heavy (non-hydrogen) atoms. The van der Waals surface area contributed by atoms with E-state index in [1.54, 1.807) is 11.8 Å². The van der Waals surface area contributed by atoms with Crippen LogP contribution >= 0.6 is 11.8 Å². The maximum atomic E-state index is 13.0. The van der Waals surface area contributed by atoms with Gasteiger partial charge in [-0.05, 0) is 55.4 Å². The Morgan fingerprint density at radius 3 is 1.97 bits per heavy atom. The van der Waals surface area contributed by atoms with Gasteiger partial charge in [-0.15, -0.1) is 11.8 Å². The lowest BCUT2D eigenvalue weighted by molar-refractivity contribution is -0.139. The third-order valence-electron chi connectivity index (χ3n) is 6.44. The van der Waals surface area contributed by atoms with Crippen molar-refractivity contribution in [2.45, 2.75) is 30.8 Å². The molecule has 0 unspecified atom stereocenters. The highest BCUT2D eigenvalue weighted by Crippen LogP contribution is 2.23. The fourth-order valence-corrected chi connectivity index (χ4v) is 4.96. The molecule has 0 bridgehead atoms. The number of carbonyl (C=O) groups excluding carboxylic acids is 1. The molecule has 2 heterocycles. The maximum absolute atomic E-state index is 13.0. The minimum absolute atomic E-state index is 0.209. The van der Waals surface area contributed by atoms with Crippen molar-refractivity contribution >= 4 is 17.7 Å². The largest absolute Gasteiger partial charge is 0.340 e. The van der Waals surface area contributed by atoms with Gasteiger partial charge in [-0.2, -0.15) is 0 Å². The van der Waals surface area contributed by atoms with E-state index in [-0.39, 0.29) is 5.92 Å². The highest BCUT2D eigenvalue weighted by Gasteiger charge is 2.30. The van der Waals surface area contributed by atoms with E-state index in [2.05, 4.69) is 75.6 Å². The number of hydrogen-bond donors (Lipinski definition) is 0. The summed E-state index contributed by atoms with van der Waals surface area (Å²) in [5, 5.41) is 0. The molecule has 0 spiro atoms. The Morgan fingerprint density at radius 1 is 0.800 bits per heavy atom. The lowest BCUT2D eigenvalue weighted by Crippen LogP contribution is -2.51. The number of nitrogens with zero attached hydrogens (tertiary/aromatic N) is 3. The first kappa shape index (κ1) is 21.4. The van der Waals surface area contributed by atoms with E-state index >= 15 is 0 Å². The number of thioether (sulfide) groups is 1. The van der Waals surface area contributed by atoms with Crippen molar-refractivity contribution in [1.29, 1.82) is 0 Å². The molecule has 2 aliphatic heterocycles. The highest BCUT2D eigenvalue weighted by molar-refractivity contribution is 7.98. The summed E-state index contributed by atoms with van der Waals surface area (Å²) in [5.41, 5.74) is 2.72. The Kier molecular flexibility index (Phi) is 7.47. The van der Waals surface area contributed by atoms with Gasteiger partial charge in [0.25, 0.3) is 0 Å². The quantitative estimate of drug-likeness (QED) is 0.657. The summed E-state index contributed by atoms with van der Waals surface area (Å²) < 4.78 is 0. The van der Waals surface area contributed by atoms with Crippen LogP contribution in [-0.2, 0) is 17.9 Å². The van der Waals surface area contributed by atoms with Gasteiger partial charge in [-0.3, -0.25) is 14.6 Å². The molecule has 0 N–H and O–H groups in total. The number of carbonyl (C=O) groups is 1. The van der Waals surface area contributed by atoms with Crippen molar-refractivity contribution in [3.63, 3.8) is 0 Å². The van der Waals surface area contributed by atoms with Crippen molar-refractivity contribution in [1.82, 2.24) is 14.7 Å². The standard InChI is InChI=1S/C25H33N3OS/c1-30-24-9-7-22(8-10-24)20-26-13-11-23(12-14-26)25(29)28-17-15-27(16-18-28)19-21-5-3-2-4-6-21/h2-10,23H,11-20H2,1H3. The molecule has 4 nitrogen and oxygen atoms in total. The number of amides is 1. The van der Waals surface area contributed by atoms with Crippen LogP contribution in [0.5, 0.6) is 0 Å². The number of hydrogen-bond acceptors (Lipinski definition) is 4. The summed E-state index contributed by atoms with van der Waals surface area (Å²) in [7, 11) is 0. The van der Waals surface area contributed by atoms with Crippen LogP contribution in [0.4, 0.5) is 0 Å². The summed E-state index contributed by atoms with van der Waals surface area (Å²) in [6.45, 7) is 7.72. The van der Waals surface area contributed by atoms with Crippen molar-refractivity contribution in [3.05, 3.63) is 65.7 Å². The molecule has 160 valence electrons. The van der Waals surface area contributed by atoms with Gasteiger partial charge in [-0.1, -0.05) is 42.5 Å². The van der Waals surface area contributed by atoms with E-state index in [0.717, 1.165) is 65.2 Å². The number of rotatable bonds is 6. The second kappa shape index (κ2) is 10.5. The lowest BCUT2D eigenvalue weighted by atomic mass is 9.94. The number of likely N-dealkylation sites (tertiary alicyclic amines) is 1. The molecule has 0 aliphatic carbocycles. The van der Waals surface area contributed by atoms with Gasteiger partial charge in [0.2, 0.25) is 5.91 Å². The minimum atomic E-state index is 0.209. The van der Waals surface area contributed by atoms with Crippen LogP contribution in [-0.4, -0.2) is 66.1 Å². The van der Waals surface area contributed by atoms with Gasteiger partial charge in [0.15, 0.2) is 0 Å². The molecule has 4 rings (SSSR count). The Morgan fingerprint density at radius 2 is 1.37 bits per heavy atom. The van der Waals surface area contributed by atoms with Crippen LogP contribution in [0.25, 0.3) is 0 Å². The van der Waals surface area contributed by atoms with Crippen LogP contribution in [0.3, 0.4) is 0 Å². The molecule has 0 saturated carbocycles. The van der Waals surface area contributed by atoms with E-state index < -0.39 is 0 Å². The molecule has 2 saturated heterocycles. The van der Waals surface area contributed by atoms with E-state index in [1.807, 2.05) is 0 Å². The Bertz CT molecular complexity index is 795. The van der Waals surface area contributed by atoms with Crippen LogP contribution in [0.15, 0.2) is 59.5 Å². The first-order valence-electron chi connectivity index (χ1n) is 11.1. The topological polar surface area (TPSA) is 26.8 Å². The minimum Gasteiger partial charge on any atom is -0.340 e. The summed E-state index contributed by atoms with van der Waals surface area (Å²) in [4.78, 5) is 21.4. The average molecular weight is 424 g/mol. The molecular formula is C25H33N3OS. The van der Waals surface area contributed by atoms with E-state index in [9.17, 15) is 4.79 Å². The highest BCUT2D eigenvalue weighted by atomic mass is 32.2. The van der Waals surface area contributed by atoms with Gasteiger partial charge < -0.3 is 4.90 Å². The third kappa shape index (κ3) is 5.65.